The molecule has 1 amide bonds. The summed E-state index contributed by atoms with van der Waals surface area (Å²) >= 11 is 6.15. The molecule has 2 aromatic carbocycles. The van der Waals surface area contributed by atoms with Gasteiger partial charge in [-0.3, -0.25) is 4.79 Å². The van der Waals surface area contributed by atoms with Crippen LogP contribution in [0.5, 0.6) is 5.75 Å². The van der Waals surface area contributed by atoms with Crippen molar-refractivity contribution in [3.8, 4) is 17.3 Å². The fraction of sp³-hybridized carbons (Fsp3) is 0.125. The van der Waals surface area contributed by atoms with Gasteiger partial charge in [0.05, 0.1) is 23.0 Å². The van der Waals surface area contributed by atoms with Crippen molar-refractivity contribution < 1.29 is 9.53 Å². The Hall–Kier alpha value is -4.24. The van der Waals surface area contributed by atoms with Crippen molar-refractivity contribution >= 4 is 34.4 Å². The van der Waals surface area contributed by atoms with Gasteiger partial charge in [0.25, 0.3) is 5.91 Å². The number of anilines is 1. The predicted octanol–water partition coefficient (Wildman–Crippen LogP) is 4.37. The number of carbonyl (C=O) groups excluding carboxylic acids is 1. The third kappa shape index (κ3) is 4.20. The molecule has 170 valence electrons. The minimum absolute atomic E-state index is 0.315. The number of fused-ring (bicyclic) bond motifs is 1. The maximum absolute atomic E-state index is 12.9. The lowest BCUT2D eigenvalue weighted by atomic mass is 10.3. The molecule has 0 aliphatic heterocycles. The maximum Gasteiger partial charge on any atom is 0.266 e. The van der Waals surface area contributed by atoms with Crippen molar-refractivity contribution in [2.75, 3.05) is 5.32 Å². The average Bonchev–Trinajstić information content (AvgIpc) is 3.43. The van der Waals surface area contributed by atoms with E-state index in [1.165, 1.54) is 6.33 Å². The molecule has 5 aromatic rings. The molecule has 9 nitrogen and oxygen atoms in total. The van der Waals surface area contributed by atoms with Crippen LogP contribution in [0.1, 0.15) is 12.6 Å². The quantitative estimate of drug-likeness (QED) is 0.393. The second-order valence-electron chi connectivity index (χ2n) is 7.62. The van der Waals surface area contributed by atoms with E-state index in [9.17, 15) is 4.79 Å². The van der Waals surface area contributed by atoms with Gasteiger partial charge in [-0.2, -0.15) is 14.9 Å². The van der Waals surface area contributed by atoms with Crippen LogP contribution in [0.4, 0.5) is 5.82 Å². The number of hydrogen-bond donors (Lipinski definition) is 1. The van der Waals surface area contributed by atoms with Gasteiger partial charge in [-0.05, 0) is 44.2 Å². The highest BCUT2D eigenvalue weighted by molar-refractivity contribution is 6.30. The molecule has 3 heterocycles. The first-order valence-corrected chi connectivity index (χ1v) is 10.9. The Labute approximate surface area is 200 Å². The molecule has 0 radical (unpaired) electrons. The van der Waals surface area contributed by atoms with Gasteiger partial charge in [-0.1, -0.05) is 35.9 Å². The lowest BCUT2D eigenvalue weighted by Crippen LogP contribution is -2.31. The normalized spacial score (nSPS) is 12.0. The lowest BCUT2D eigenvalue weighted by Gasteiger charge is -2.15. The molecule has 0 fully saturated rings. The number of para-hydroxylation sites is 1. The summed E-state index contributed by atoms with van der Waals surface area (Å²) < 4.78 is 8.98. The number of benzene rings is 2. The van der Waals surface area contributed by atoms with Crippen molar-refractivity contribution in [3.05, 3.63) is 83.9 Å². The van der Waals surface area contributed by atoms with E-state index in [4.69, 9.17) is 16.3 Å². The van der Waals surface area contributed by atoms with Gasteiger partial charge in [-0.15, -0.1) is 0 Å². The predicted molar refractivity (Wildman–Crippen MR) is 129 cm³/mol. The minimum Gasteiger partial charge on any atom is -0.481 e. The fourth-order valence-corrected chi connectivity index (χ4v) is 3.72. The Kier molecular flexibility index (Phi) is 5.69. The summed E-state index contributed by atoms with van der Waals surface area (Å²) in [4.78, 5) is 21.7. The van der Waals surface area contributed by atoms with Crippen LogP contribution >= 0.6 is 11.6 Å². The molecule has 10 heteroatoms. The summed E-state index contributed by atoms with van der Waals surface area (Å²) in [5.74, 6) is 1.24. The van der Waals surface area contributed by atoms with Gasteiger partial charge in [0, 0.05) is 11.1 Å². The Morgan fingerprint density at radius 3 is 2.68 bits per heavy atom. The third-order valence-corrected chi connectivity index (χ3v) is 5.34. The molecule has 0 saturated heterocycles. The van der Waals surface area contributed by atoms with Crippen LogP contribution < -0.4 is 10.1 Å². The van der Waals surface area contributed by atoms with Gasteiger partial charge in [0.1, 0.15) is 17.9 Å². The first-order chi connectivity index (χ1) is 16.5. The number of aromatic nitrogens is 6. The Morgan fingerprint density at radius 2 is 1.88 bits per heavy atom. The van der Waals surface area contributed by atoms with E-state index in [2.05, 4.69) is 25.5 Å². The molecule has 0 unspecified atom stereocenters. The highest BCUT2D eigenvalue weighted by atomic mass is 35.5. The molecule has 1 atom stereocenters. The van der Waals surface area contributed by atoms with Gasteiger partial charge >= 0.3 is 0 Å². The minimum atomic E-state index is -0.720. The standard InChI is InChI=1S/C24H20ClN7O2/c1-15-11-21(29-24(33)16(2)34-19-9-4-3-5-10-19)32(30-15)23-20-13-28-31(22(20)26-14-27-23)18-8-6-7-17(25)12-18/h3-14,16H,1-2H3,(H,29,33)/t16-/m0/s1. The smallest absolute Gasteiger partial charge is 0.266 e. The highest BCUT2D eigenvalue weighted by Crippen LogP contribution is 2.25. The molecule has 3 aromatic heterocycles. The van der Waals surface area contributed by atoms with E-state index < -0.39 is 6.10 Å². The van der Waals surface area contributed by atoms with E-state index in [0.717, 1.165) is 5.69 Å². The Morgan fingerprint density at radius 1 is 1.06 bits per heavy atom. The third-order valence-electron chi connectivity index (χ3n) is 5.11. The van der Waals surface area contributed by atoms with Crippen molar-refractivity contribution in [3.63, 3.8) is 0 Å². The van der Waals surface area contributed by atoms with Gasteiger partial charge < -0.3 is 10.1 Å². The SMILES string of the molecule is Cc1cc(NC(=O)[C@H](C)Oc2ccccc2)n(-c2ncnc3c2cnn3-c2cccc(Cl)c2)n1. The van der Waals surface area contributed by atoms with Crippen molar-refractivity contribution in [2.24, 2.45) is 0 Å². The van der Waals surface area contributed by atoms with E-state index in [0.29, 0.717) is 39.1 Å². The monoisotopic (exact) mass is 473 g/mol. The molecular formula is C24H20ClN7O2. The zero-order valence-corrected chi connectivity index (χ0v) is 19.1. The molecule has 0 bridgehead atoms. The number of hydrogen-bond acceptors (Lipinski definition) is 6. The number of amides is 1. The van der Waals surface area contributed by atoms with Crippen LogP contribution in [0.2, 0.25) is 5.02 Å². The molecule has 0 aliphatic rings. The number of aryl methyl sites for hydroxylation is 1. The Bertz CT molecular complexity index is 1480. The number of halogens is 1. The van der Waals surface area contributed by atoms with Crippen LogP contribution in [0, 0.1) is 6.92 Å². The summed E-state index contributed by atoms with van der Waals surface area (Å²) in [5.41, 5.74) is 2.06. The molecular weight excluding hydrogens is 454 g/mol. The summed E-state index contributed by atoms with van der Waals surface area (Å²) in [6.45, 7) is 3.53. The zero-order valence-electron chi connectivity index (χ0n) is 18.4. The second-order valence-corrected chi connectivity index (χ2v) is 8.05. The first kappa shape index (κ1) is 21.6. The van der Waals surface area contributed by atoms with E-state index >= 15 is 0 Å². The van der Waals surface area contributed by atoms with Crippen molar-refractivity contribution in [1.82, 2.24) is 29.5 Å². The van der Waals surface area contributed by atoms with Crippen molar-refractivity contribution in [2.45, 2.75) is 20.0 Å². The number of rotatable bonds is 6. The number of nitrogens with one attached hydrogen (secondary N) is 1. The summed E-state index contributed by atoms with van der Waals surface area (Å²) in [5, 5.41) is 13.2. The summed E-state index contributed by atoms with van der Waals surface area (Å²) in [6, 6.07) is 18.3. The Balaban J connectivity index is 1.47. The topological polar surface area (TPSA) is 99.7 Å². The van der Waals surface area contributed by atoms with Crippen LogP contribution in [0.15, 0.2) is 73.2 Å². The first-order valence-electron chi connectivity index (χ1n) is 10.5. The molecule has 0 saturated carbocycles. The molecule has 0 spiro atoms. The number of ether oxygens (including phenoxy) is 1. The van der Waals surface area contributed by atoms with E-state index in [1.54, 1.807) is 52.8 Å². The fourth-order valence-electron chi connectivity index (χ4n) is 3.53. The summed E-state index contributed by atoms with van der Waals surface area (Å²) in [7, 11) is 0. The molecule has 34 heavy (non-hydrogen) atoms. The average molecular weight is 474 g/mol. The molecule has 0 aliphatic carbocycles. The van der Waals surface area contributed by atoms with E-state index in [-0.39, 0.29) is 5.91 Å². The summed E-state index contributed by atoms with van der Waals surface area (Å²) in [6.07, 6.45) is 2.38. The zero-order chi connectivity index (χ0) is 23.7. The van der Waals surface area contributed by atoms with Crippen LogP contribution in [-0.2, 0) is 4.79 Å². The van der Waals surface area contributed by atoms with Gasteiger partial charge in [0.15, 0.2) is 17.6 Å². The highest BCUT2D eigenvalue weighted by Gasteiger charge is 2.20. The maximum atomic E-state index is 12.9. The van der Waals surface area contributed by atoms with E-state index in [1.807, 2.05) is 37.3 Å². The molecule has 5 rings (SSSR count). The van der Waals surface area contributed by atoms with Crippen molar-refractivity contribution in [1.29, 1.82) is 0 Å². The number of nitrogens with zero attached hydrogens (tertiary/aromatic N) is 6. The number of carbonyl (C=O) groups is 1. The van der Waals surface area contributed by atoms with Crippen LogP contribution in [0.3, 0.4) is 0 Å². The van der Waals surface area contributed by atoms with Crippen LogP contribution in [-0.4, -0.2) is 41.5 Å². The largest absolute Gasteiger partial charge is 0.481 e. The van der Waals surface area contributed by atoms with Gasteiger partial charge in [0.2, 0.25) is 0 Å². The molecule has 1 N–H and O–H groups in total. The van der Waals surface area contributed by atoms with Crippen LogP contribution in [0.25, 0.3) is 22.5 Å². The van der Waals surface area contributed by atoms with Gasteiger partial charge in [-0.25, -0.2) is 14.6 Å². The second kappa shape index (κ2) is 8.95. The lowest BCUT2D eigenvalue weighted by molar-refractivity contribution is -0.122.